The van der Waals surface area contributed by atoms with Crippen LogP contribution >= 0.6 is 0 Å². The summed E-state index contributed by atoms with van der Waals surface area (Å²) in [5.74, 6) is 0. The van der Waals surface area contributed by atoms with Crippen molar-refractivity contribution in [3.8, 4) is 0 Å². The molecule has 0 saturated carbocycles. The molecule has 1 radical (unpaired) electrons. The molecule has 0 aromatic rings. The average molecular weight is 351 g/mol. The lowest BCUT2D eigenvalue weighted by Crippen LogP contribution is -2.06. The number of unbranched alkanes of at least 4 members (excludes halogenated alkanes) is 6. The minimum Gasteiger partial charge on any atom is -0.291 e. The summed E-state index contributed by atoms with van der Waals surface area (Å²) in [5, 5.41) is 22.2. The van der Waals surface area contributed by atoms with Crippen LogP contribution in [0, 0.1) is 20.2 Å². The molecule has 0 aliphatic heterocycles. The second-order valence-electron chi connectivity index (χ2n) is 5.67. The maximum absolute atomic E-state index is 11.1. The lowest BCUT2D eigenvalue weighted by atomic mass is 10.1. The highest BCUT2D eigenvalue weighted by Crippen LogP contribution is 2.15. The monoisotopic (exact) mass is 351 g/mol. The molecule has 0 aliphatic carbocycles. The second-order valence-corrected chi connectivity index (χ2v) is 5.67. The molecule has 0 fully saturated rings. The van der Waals surface area contributed by atoms with E-state index >= 15 is 0 Å². The minimum atomic E-state index is -0.558. The molecule has 0 amide bonds. The first-order valence-electron chi connectivity index (χ1n) is 8.69. The molecule has 0 N–H and O–H groups in total. The number of rotatable bonds is 15. The van der Waals surface area contributed by atoms with Gasteiger partial charge in [-0.25, -0.2) is 0 Å². The predicted octanol–water partition coefficient (Wildman–Crippen LogP) is 4.89. The Kier molecular flexibility index (Phi) is 13.8. The summed E-state index contributed by atoms with van der Waals surface area (Å²) in [6, 6.07) is 0. The molecule has 0 rings (SSSR count). The maximum atomic E-state index is 11.1. The van der Waals surface area contributed by atoms with Gasteiger partial charge in [-0.15, -0.1) is 0 Å². The Morgan fingerprint density at radius 1 is 0.920 bits per heavy atom. The van der Waals surface area contributed by atoms with Gasteiger partial charge >= 0.3 is 0 Å². The Bertz CT molecular complexity index is 510. The van der Waals surface area contributed by atoms with Crippen LogP contribution in [0.2, 0.25) is 0 Å². The van der Waals surface area contributed by atoms with Crippen LogP contribution in [0.1, 0.15) is 71.1 Å². The van der Waals surface area contributed by atoms with E-state index in [-0.39, 0.29) is 17.8 Å². The van der Waals surface area contributed by atoms with Crippen LogP contribution in [0.15, 0.2) is 35.7 Å². The molecule has 0 unspecified atom stereocenters. The van der Waals surface area contributed by atoms with E-state index in [1.807, 2.05) is 19.3 Å². The summed E-state index contributed by atoms with van der Waals surface area (Å²) in [6.07, 6.45) is 14.8. The Balaban J connectivity index is 4.58. The van der Waals surface area contributed by atoms with E-state index < -0.39 is 9.85 Å². The van der Waals surface area contributed by atoms with E-state index in [1.165, 1.54) is 12.2 Å². The van der Waals surface area contributed by atoms with E-state index in [9.17, 15) is 25.0 Å². The highest BCUT2D eigenvalue weighted by molar-refractivity contribution is 5.50. The fourth-order valence-electron chi connectivity index (χ4n) is 2.15. The third kappa shape index (κ3) is 12.7. The van der Waals surface area contributed by atoms with Gasteiger partial charge in [-0.1, -0.05) is 31.9 Å². The van der Waals surface area contributed by atoms with Gasteiger partial charge < -0.3 is 0 Å². The van der Waals surface area contributed by atoms with Crippen molar-refractivity contribution in [3.63, 3.8) is 0 Å². The normalized spacial score (nSPS) is 12.5. The first kappa shape index (κ1) is 22.7. The summed E-state index contributed by atoms with van der Waals surface area (Å²) >= 11 is 0. The molecule has 0 aliphatic rings. The van der Waals surface area contributed by atoms with Gasteiger partial charge in [-0.2, -0.15) is 0 Å². The smallest absolute Gasteiger partial charge is 0.253 e. The van der Waals surface area contributed by atoms with Gasteiger partial charge in [0.25, 0.3) is 11.4 Å². The molecule has 0 atom stereocenters. The van der Waals surface area contributed by atoms with E-state index in [4.69, 9.17) is 0 Å². The van der Waals surface area contributed by atoms with Gasteiger partial charge in [0.1, 0.15) is 6.42 Å². The standard InChI is InChI=1S/C18H27N2O5/c1-2-3-4-10-13-17(19(22)23)16-18(20(24)25)14-11-8-6-5-7-9-12-15-21/h6,8,13-14H,2-5,7,9-12,16H2,1H3/b8-6-,17-13+,18-14+. The number of nitro groups is 2. The summed E-state index contributed by atoms with van der Waals surface area (Å²) in [5.41, 5.74) is -0.271. The maximum Gasteiger partial charge on any atom is 0.253 e. The van der Waals surface area contributed by atoms with E-state index in [0.29, 0.717) is 19.3 Å². The molecule has 0 heterocycles. The number of allylic oxidation sites excluding steroid dienone is 4. The van der Waals surface area contributed by atoms with Crippen molar-refractivity contribution in [2.24, 2.45) is 0 Å². The van der Waals surface area contributed by atoms with Crippen molar-refractivity contribution in [3.05, 3.63) is 55.9 Å². The molecule has 0 saturated heterocycles. The van der Waals surface area contributed by atoms with Gasteiger partial charge in [0.2, 0.25) is 0 Å². The number of nitrogens with zero attached hydrogens (tertiary/aromatic N) is 2. The van der Waals surface area contributed by atoms with Crippen LogP contribution in [-0.2, 0) is 4.79 Å². The van der Waals surface area contributed by atoms with Crippen molar-refractivity contribution < 1.29 is 14.6 Å². The zero-order valence-corrected chi connectivity index (χ0v) is 14.8. The number of hydrogen-bond donors (Lipinski definition) is 0. The molecule has 0 bridgehead atoms. The Hall–Kier alpha value is -2.31. The van der Waals surface area contributed by atoms with Crippen molar-refractivity contribution in [2.45, 2.75) is 71.1 Å². The van der Waals surface area contributed by atoms with Crippen molar-refractivity contribution in [2.75, 3.05) is 0 Å². The SMILES string of the molecule is CCCCC/C=C(\C/C(=C\C/C=C\CCCC[C]=O)[N+](=O)[O-])[N+](=O)[O-]. The van der Waals surface area contributed by atoms with Gasteiger partial charge in [-0.05, 0) is 50.7 Å². The molecule has 7 heteroatoms. The Morgan fingerprint density at radius 3 is 2.16 bits per heavy atom. The third-order valence-corrected chi connectivity index (χ3v) is 3.57. The predicted molar refractivity (Wildman–Crippen MR) is 96.8 cm³/mol. The first-order valence-corrected chi connectivity index (χ1v) is 8.69. The van der Waals surface area contributed by atoms with Crippen LogP contribution in [0.3, 0.4) is 0 Å². The molecule has 25 heavy (non-hydrogen) atoms. The molecule has 0 aromatic heterocycles. The summed E-state index contributed by atoms with van der Waals surface area (Å²) in [7, 11) is 0. The molecule has 7 nitrogen and oxygen atoms in total. The van der Waals surface area contributed by atoms with Crippen LogP contribution in [0.25, 0.3) is 0 Å². The fraction of sp³-hybridized carbons (Fsp3) is 0.611. The van der Waals surface area contributed by atoms with Crippen molar-refractivity contribution in [1.82, 2.24) is 0 Å². The van der Waals surface area contributed by atoms with E-state index in [1.54, 1.807) is 6.08 Å². The van der Waals surface area contributed by atoms with E-state index in [2.05, 4.69) is 0 Å². The molecule has 0 spiro atoms. The van der Waals surface area contributed by atoms with Gasteiger partial charge in [0.15, 0.2) is 6.29 Å². The zero-order chi connectivity index (χ0) is 18.9. The highest BCUT2D eigenvalue weighted by atomic mass is 16.6. The molecular weight excluding hydrogens is 324 g/mol. The lowest BCUT2D eigenvalue weighted by molar-refractivity contribution is -0.450. The Labute approximate surface area is 148 Å². The van der Waals surface area contributed by atoms with Crippen molar-refractivity contribution in [1.29, 1.82) is 0 Å². The van der Waals surface area contributed by atoms with Gasteiger partial charge in [0, 0.05) is 6.42 Å². The summed E-state index contributed by atoms with van der Waals surface area (Å²) < 4.78 is 0. The van der Waals surface area contributed by atoms with Crippen LogP contribution in [0.5, 0.6) is 0 Å². The topological polar surface area (TPSA) is 103 Å². The van der Waals surface area contributed by atoms with Gasteiger partial charge in [-0.3, -0.25) is 25.0 Å². The molecule has 0 aromatic carbocycles. The average Bonchev–Trinajstić information content (AvgIpc) is 2.57. The highest BCUT2D eigenvalue weighted by Gasteiger charge is 2.20. The minimum absolute atomic E-state index is 0.117. The number of hydrogen-bond acceptors (Lipinski definition) is 5. The lowest BCUT2D eigenvalue weighted by Gasteiger charge is -1.99. The quantitative estimate of drug-likeness (QED) is 0.181. The fourth-order valence-corrected chi connectivity index (χ4v) is 2.15. The zero-order valence-electron chi connectivity index (χ0n) is 14.8. The van der Waals surface area contributed by atoms with Crippen LogP contribution in [-0.4, -0.2) is 16.1 Å². The van der Waals surface area contributed by atoms with Gasteiger partial charge in [0.05, 0.1) is 9.85 Å². The summed E-state index contributed by atoms with van der Waals surface area (Å²) in [4.78, 5) is 31.1. The second kappa shape index (κ2) is 15.2. The Morgan fingerprint density at radius 2 is 1.56 bits per heavy atom. The molecular formula is C18H27N2O5. The molecule has 139 valence electrons. The van der Waals surface area contributed by atoms with Crippen molar-refractivity contribution >= 4 is 6.29 Å². The summed E-state index contributed by atoms with van der Waals surface area (Å²) in [6.45, 7) is 2.04. The first-order chi connectivity index (χ1) is 12.0. The van der Waals surface area contributed by atoms with E-state index in [0.717, 1.165) is 38.5 Å². The van der Waals surface area contributed by atoms with Crippen LogP contribution in [0.4, 0.5) is 0 Å². The number of carbonyl (C=O) groups excluding carboxylic acids is 1. The van der Waals surface area contributed by atoms with Crippen LogP contribution < -0.4 is 0 Å². The largest absolute Gasteiger partial charge is 0.291 e. The third-order valence-electron chi connectivity index (χ3n) is 3.57.